The van der Waals surface area contributed by atoms with Crippen LogP contribution in [0.2, 0.25) is 0 Å². The van der Waals surface area contributed by atoms with E-state index >= 15 is 0 Å². The second-order valence-electron chi connectivity index (χ2n) is 2.15. The van der Waals surface area contributed by atoms with Crippen molar-refractivity contribution in [2.45, 2.75) is 0 Å². The van der Waals surface area contributed by atoms with E-state index in [2.05, 4.69) is 9.72 Å². The fourth-order valence-electron chi connectivity index (χ4n) is 0.745. The molecule has 1 amide bonds. The van der Waals surface area contributed by atoms with Crippen LogP contribution in [-0.2, 0) is 0 Å². The van der Waals surface area contributed by atoms with E-state index in [1.165, 1.54) is 18.3 Å². The molecule has 7 heteroatoms. The number of pyridine rings is 1. The number of nitrogens with zero attached hydrogens (tertiary/aromatic N) is 1. The van der Waals surface area contributed by atoms with Crippen LogP contribution in [0.15, 0.2) is 18.3 Å². The molecule has 0 saturated carbocycles. The lowest BCUT2D eigenvalue weighted by atomic mass is 10.4. The number of amides is 1. The van der Waals surface area contributed by atoms with Crippen molar-refractivity contribution < 1.29 is 19.4 Å². The molecule has 1 heterocycles. The van der Waals surface area contributed by atoms with Gasteiger partial charge in [-0.15, -0.1) is 0 Å². The Balaban J connectivity index is 2.78. The predicted octanol–water partition coefficient (Wildman–Crippen LogP) is 1.91. The molecule has 74 valence electrons. The number of ether oxygens (including phenoxy) is 1. The highest BCUT2D eigenvalue weighted by molar-refractivity contribution is 6.61. The number of aromatic nitrogens is 1. The summed E-state index contributed by atoms with van der Waals surface area (Å²) in [5.41, 5.74) is -1.00. The topological polar surface area (TPSA) is 88.5 Å². The average Bonchev–Trinajstić information content (AvgIpc) is 2.01. The maximum absolute atomic E-state index is 10.3. The largest absolute Gasteiger partial charge is 0.465 e. The maximum atomic E-state index is 10.3. The lowest BCUT2D eigenvalue weighted by molar-refractivity contribution is 0.209. The third kappa shape index (κ3) is 3.28. The van der Waals surface area contributed by atoms with Gasteiger partial charge in [0.15, 0.2) is 0 Å². The van der Waals surface area contributed by atoms with Gasteiger partial charge in [-0.2, -0.15) is 0 Å². The number of carbonyl (C=O) groups is 2. The summed E-state index contributed by atoms with van der Waals surface area (Å²) >= 11 is 4.95. The van der Waals surface area contributed by atoms with E-state index in [9.17, 15) is 9.59 Å². The Labute approximate surface area is 83.5 Å². The smallest absolute Gasteiger partial charge is 0.410 e. The van der Waals surface area contributed by atoms with Crippen molar-refractivity contribution in [3.63, 3.8) is 0 Å². The van der Waals surface area contributed by atoms with Gasteiger partial charge < -0.3 is 9.84 Å². The molecular weight excluding hydrogens is 212 g/mol. The first kappa shape index (κ1) is 10.3. The number of carboxylic acid groups (broad SMARTS) is 1. The van der Waals surface area contributed by atoms with Gasteiger partial charge in [-0.25, -0.2) is 14.6 Å². The first-order valence-electron chi connectivity index (χ1n) is 3.41. The zero-order chi connectivity index (χ0) is 10.6. The van der Waals surface area contributed by atoms with Crippen molar-refractivity contribution in [2.24, 2.45) is 0 Å². The normalized spacial score (nSPS) is 9.21. The number of hydrogen-bond donors (Lipinski definition) is 2. The van der Waals surface area contributed by atoms with Gasteiger partial charge >= 0.3 is 11.5 Å². The molecule has 1 aromatic rings. The van der Waals surface area contributed by atoms with E-state index in [1.807, 2.05) is 5.32 Å². The van der Waals surface area contributed by atoms with Crippen molar-refractivity contribution in [2.75, 3.05) is 5.32 Å². The Morgan fingerprint density at radius 3 is 2.86 bits per heavy atom. The van der Waals surface area contributed by atoms with Crippen molar-refractivity contribution in [1.29, 1.82) is 0 Å². The highest BCUT2D eigenvalue weighted by atomic mass is 35.5. The van der Waals surface area contributed by atoms with E-state index < -0.39 is 11.5 Å². The van der Waals surface area contributed by atoms with E-state index in [-0.39, 0.29) is 11.6 Å². The molecule has 0 aliphatic carbocycles. The second-order valence-corrected chi connectivity index (χ2v) is 2.46. The van der Waals surface area contributed by atoms with Gasteiger partial charge in [0.25, 0.3) is 0 Å². The van der Waals surface area contributed by atoms with Crippen LogP contribution in [0.4, 0.5) is 15.4 Å². The van der Waals surface area contributed by atoms with Crippen molar-refractivity contribution >= 4 is 28.9 Å². The average molecular weight is 217 g/mol. The second kappa shape index (κ2) is 4.43. The molecule has 0 aliphatic heterocycles. The fraction of sp³-hybridized carbons (Fsp3) is 0. The maximum Gasteiger partial charge on any atom is 0.410 e. The standard InChI is InChI=1S/C7H5ClN2O4/c8-6(11)14-4-1-2-9-5(3-4)10-7(12)13/h1-3H,(H,9,10)(H,12,13). The summed E-state index contributed by atoms with van der Waals surface area (Å²) < 4.78 is 4.49. The highest BCUT2D eigenvalue weighted by Gasteiger charge is 2.03. The number of nitrogens with one attached hydrogen (secondary N) is 1. The summed E-state index contributed by atoms with van der Waals surface area (Å²) in [7, 11) is 0. The molecule has 14 heavy (non-hydrogen) atoms. The van der Waals surface area contributed by atoms with Gasteiger partial charge in [-0.05, 0) is 6.07 Å². The molecule has 0 unspecified atom stereocenters. The van der Waals surface area contributed by atoms with Crippen molar-refractivity contribution in [1.82, 2.24) is 4.98 Å². The number of carbonyl (C=O) groups excluding carboxylic acids is 1. The van der Waals surface area contributed by atoms with E-state index in [0.717, 1.165) is 0 Å². The van der Waals surface area contributed by atoms with Crippen LogP contribution in [0.3, 0.4) is 0 Å². The number of rotatable bonds is 2. The van der Waals surface area contributed by atoms with Crippen LogP contribution in [-0.4, -0.2) is 21.6 Å². The first-order valence-corrected chi connectivity index (χ1v) is 3.79. The monoisotopic (exact) mass is 216 g/mol. The summed E-state index contributed by atoms with van der Waals surface area (Å²) in [6.07, 6.45) is 0.0207. The predicted molar refractivity (Wildman–Crippen MR) is 47.8 cm³/mol. The third-order valence-electron chi connectivity index (χ3n) is 1.16. The zero-order valence-electron chi connectivity index (χ0n) is 6.73. The summed E-state index contributed by atoms with van der Waals surface area (Å²) in [6.45, 7) is 0. The van der Waals surface area contributed by atoms with Crippen LogP contribution < -0.4 is 10.1 Å². The molecule has 2 N–H and O–H groups in total. The molecular formula is C7H5ClN2O4. The third-order valence-corrected chi connectivity index (χ3v) is 1.24. The van der Waals surface area contributed by atoms with Gasteiger partial charge in [0, 0.05) is 23.9 Å². The van der Waals surface area contributed by atoms with Crippen LogP contribution in [0.5, 0.6) is 5.75 Å². The summed E-state index contributed by atoms with van der Waals surface area (Å²) in [5.74, 6) is 0.164. The SMILES string of the molecule is O=C(O)Nc1cc(OC(=O)Cl)ccn1. The summed E-state index contributed by atoms with van der Waals surface area (Å²) in [6, 6.07) is 2.60. The van der Waals surface area contributed by atoms with E-state index in [0.29, 0.717) is 0 Å². The quantitative estimate of drug-likeness (QED) is 0.737. The minimum atomic E-state index is -1.26. The van der Waals surface area contributed by atoms with Gasteiger partial charge in [0.1, 0.15) is 11.6 Å². The van der Waals surface area contributed by atoms with Crippen LogP contribution >= 0.6 is 11.6 Å². The van der Waals surface area contributed by atoms with E-state index in [4.69, 9.17) is 16.7 Å². The molecule has 0 radical (unpaired) electrons. The molecule has 0 aliphatic rings. The lowest BCUT2D eigenvalue weighted by Gasteiger charge is -2.02. The molecule has 6 nitrogen and oxygen atoms in total. The van der Waals surface area contributed by atoms with Gasteiger partial charge in [0.2, 0.25) is 0 Å². The molecule has 1 rings (SSSR count). The van der Waals surface area contributed by atoms with Crippen LogP contribution in [0.25, 0.3) is 0 Å². The number of halogens is 1. The fourth-order valence-corrected chi connectivity index (χ4v) is 0.834. The molecule has 0 saturated heterocycles. The Morgan fingerprint density at radius 2 is 2.29 bits per heavy atom. The van der Waals surface area contributed by atoms with Crippen molar-refractivity contribution in [3.8, 4) is 5.75 Å². The first-order chi connectivity index (χ1) is 6.58. The molecule has 0 atom stereocenters. The van der Waals surface area contributed by atoms with Crippen LogP contribution in [0, 0.1) is 0 Å². The number of hydrogen-bond acceptors (Lipinski definition) is 4. The Kier molecular flexibility index (Phi) is 3.24. The van der Waals surface area contributed by atoms with Crippen molar-refractivity contribution in [3.05, 3.63) is 18.3 Å². The Bertz CT molecular complexity index is 337. The number of anilines is 1. The van der Waals surface area contributed by atoms with Gasteiger partial charge in [-0.1, -0.05) is 0 Å². The Morgan fingerprint density at radius 1 is 1.57 bits per heavy atom. The molecule has 0 bridgehead atoms. The molecule has 0 aromatic carbocycles. The summed E-state index contributed by atoms with van der Waals surface area (Å²) in [5, 5.41) is 10.3. The molecule has 0 spiro atoms. The highest BCUT2D eigenvalue weighted by Crippen LogP contribution is 2.15. The minimum Gasteiger partial charge on any atom is -0.465 e. The minimum absolute atomic E-state index is 0.0490. The van der Waals surface area contributed by atoms with E-state index in [1.54, 1.807) is 0 Å². The zero-order valence-corrected chi connectivity index (χ0v) is 7.49. The molecule has 1 aromatic heterocycles. The molecule has 0 fully saturated rings. The van der Waals surface area contributed by atoms with Gasteiger partial charge in [0.05, 0.1) is 0 Å². The summed E-state index contributed by atoms with van der Waals surface area (Å²) in [4.78, 5) is 24.2. The Hall–Kier alpha value is -1.82. The van der Waals surface area contributed by atoms with Crippen LogP contribution in [0.1, 0.15) is 0 Å². The van der Waals surface area contributed by atoms with Gasteiger partial charge in [-0.3, -0.25) is 5.32 Å². The lowest BCUT2D eigenvalue weighted by Crippen LogP contribution is -2.08.